The van der Waals surface area contributed by atoms with Crippen LogP contribution >= 0.6 is 11.8 Å². The molecular weight excluding hydrogens is 389 g/mol. The fourth-order valence-electron chi connectivity index (χ4n) is 2.97. The van der Waals surface area contributed by atoms with Gasteiger partial charge in [-0.1, -0.05) is 50.6 Å². The topological polar surface area (TPSA) is 64.0 Å². The van der Waals surface area contributed by atoms with Crippen molar-refractivity contribution in [2.75, 3.05) is 6.54 Å². The van der Waals surface area contributed by atoms with Crippen molar-refractivity contribution in [3.05, 3.63) is 57.3 Å². The molecule has 7 heteroatoms. The Morgan fingerprint density at radius 1 is 1.24 bits per heavy atom. The summed E-state index contributed by atoms with van der Waals surface area (Å²) in [4.78, 5) is 30.1. The minimum absolute atomic E-state index is 0.00686. The number of hydrogen-bond donors (Lipinski definition) is 1. The molecule has 1 amide bonds. The molecule has 0 aliphatic carbocycles. The zero-order valence-corrected chi connectivity index (χ0v) is 18.4. The number of amides is 1. The highest BCUT2D eigenvalue weighted by Crippen LogP contribution is 2.25. The first-order chi connectivity index (χ1) is 13.9. The number of aromatic nitrogens is 2. The Hall–Kier alpha value is -2.15. The summed E-state index contributed by atoms with van der Waals surface area (Å²) in [7, 11) is 1.69. The Morgan fingerprint density at radius 3 is 2.55 bits per heavy atom. The predicted molar refractivity (Wildman–Crippen MR) is 116 cm³/mol. The smallest absolute Gasteiger partial charge is 0.257 e. The second-order valence-electron chi connectivity index (χ2n) is 7.17. The van der Waals surface area contributed by atoms with Gasteiger partial charge >= 0.3 is 0 Å². The Balaban J connectivity index is 2.27. The number of hydrogen-bond acceptors (Lipinski definition) is 4. The van der Waals surface area contributed by atoms with Gasteiger partial charge in [-0.05, 0) is 37.5 Å². The maximum absolute atomic E-state index is 13.1. The zero-order chi connectivity index (χ0) is 21.4. The largest absolute Gasteiger partial charge is 0.355 e. The number of carbonyl (C=O) groups is 1. The highest BCUT2D eigenvalue weighted by Gasteiger charge is 2.22. The molecule has 1 aromatic heterocycles. The molecular formula is C22H30FN3O2S. The first-order valence-electron chi connectivity index (χ1n) is 10.1. The molecule has 1 atom stereocenters. The standard InChI is InChI=1S/C22H30FN3O2S/c1-5-7-8-19(20(27)24-13-6-2)29-22-25-15(3)18(21(28)26(22)4)14-16-9-11-17(23)12-10-16/h9-12,19H,5-8,13-14H2,1-4H3,(H,24,27). The van der Waals surface area contributed by atoms with Crippen LogP contribution in [-0.4, -0.2) is 27.3 Å². The van der Waals surface area contributed by atoms with Gasteiger partial charge in [-0.25, -0.2) is 9.37 Å². The van der Waals surface area contributed by atoms with Gasteiger partial charge in [-0.15, -0.1) is 0 Å². The first-order valence-corrected chi connectivity index (χ1v) is 11.0. The molecule has 0 saturated heterocycles. The van der Waals surface area contributed by atoms with Gasteiger partial charge in [0.25, 0.3) is 5.56 Å². The molecule has 1 unspecified atom stereocenters. The molecule has 1 aromatic carbocycles. The lowest BCUT2D eigenvalue weighted by atomic mass is 10.1. The molecule has 29 heavy (non-hydrogen) atoms. The van der Waals surface area contributed by atoms with E-state index >= 15 is 0 Å². The molecule has 2 rings (SSSR count). The Labute approximate surface area is 176 Å². The molecule has 158 valence electrons. The molecule has 0 saturated carbocycles. The lowest BCUT2D eigenvalue weighted by Crippen LogP contribution is -2.34. The highest BCUT2D eigenvalue weighted by molar-refractivity contribution is 8.00. The lowest BCUT2D eigenvalue weighted by Gasteiger charge is -2.18. The van der Waals surface area contributed by atoms with Crippen molar-refractivity contribution in [3.8, 4) is 0 Å². The van der Waals surface area contributed by atoms with Gasteiger partial charge in [0.2, 0.25) is 5.91 Å². The van der Waals surface area contributed by atoms with Crippen LogP contribution in [0.3, 0.4) is 0 Å². The number of rotatable bonds is 10. The average molecular weight is 420 g/mol. The number of aryl methyl sites for hydroxylation is 1. The fourth-order valence-corrected chi connectivity index (χ4v) is 4.13. The molecule has 0 radical (unpaired) electrons. The van der Waals surface area contributed by atoms with E-state index in [0.717, 1.165) is 31.2 Å². The van der Waals surface area contributed by atoms with E-state index in [1.807, 2.05) is 13.8 Å². The summed E-state index contributed by atoms with van der Waals surface area (Å²) in [5.74, 6) is -0.310. The summed E-state index contributed by atoms with van der Waals surface area (Å²) >= 11 is 1.35. The summed E-state index contributed by atoms with van der Waals surface area (Å²) in [5, 5.41) is 3.22. The number of carbonyl (C=O) groups excluding carboxylic acids is 1. The number of halogens is 1. The molecule has 1 heterocycles. The van der Waals surface area contributed by atoms with E-state index in [9.17, 15) is 14.0 Å². The van der Waals surface area contributed by atoms with Crippen LogP contribution in [0.25, 0.3) is 0 Å². The highest BCUT2D eigenvalue weighted by atomic mass is 32.2. The van der Waals surface area contributed by atoms with E-state index in [-0.39, 0.29) is 22.5 Å². The summed E-state index contributed by atoms with van der Waals surface area (Å²) in [6.45, 7) is 6.56. The maximum Gasteiger partial charge on any atom is 0.257 e. The van der Waals surface area contributed by atoms with Crippen molar-refractivity contribution in [2.45, 2.75) is 63.3 Å². The van der Waals surface area contributed by atoms with Crippen molar-refractivity contribution in [3.63, 3.8) is 0 Å². The molecule has 0 aliphatic rings. The third-order valence-electron chi connectivity index (χ3n) is 4.75. The molecule has 2 aromatic rings. The molecule has 0 fully saturated rings. The summed E-state index contributed by atoms with van der Waals surface area (Å²) in [6, 6.07) is 6.13. The summed E-state index contributed by atoms with van der Waals surface area (Å²) in [6.07, 6.45) is 3.95. The summed E-state index contributed by atoms with van der Waals surface area (Å²) in [5.41, 5.74) is 1.95. The third kappa shape index (κ3) is 6.42. The number of thioether (sulfide) groups is 1. The third-order valence-corrected chi connectivity index (χ3v) is 6.06. The zero-order valence-electron chi connectivity index (χ0n) is 17.6. The molecule has 1 N–H and O–H groups in total. The van der Waals surface area contributed by atoms with Crippen LogP contribution in [0.15, 0.2) is 34.2 Å². The van der Waals surface area contributed by atoms with Crippen LogP contribution in [0.4, 0.5) is 4.39 Å². The Bertz CT molecular complexity index is 881. The monoisotopic (exact) mass is 419 g/mol. The number of unbranched alkanes of at least 4 members (excludes halogenated alkanes) is 1. The Kier molecular flexibility index (Phi) is 8.89. The lowest BCUT2D eigenvalue weighted by molar-refractivity contribution is -0.120. The van der Waals surface area contributed by atoms with Crippen LogP contribution < -0.4 is 10.9 Å². The van der Waals surface area contributed by atoms with Crippen molar-refractivity contribution >= 4 is 17.7 Å². The fraction of sp³-hybridized carbons (Fsp3) is 0.500. The predicted octanol–water partition coefficient (Wildman–Crippen LogP) is 4.00. The van der Waals surface area contributed by atoms with Gasteiger partial charge in [0, 0.05) is 31.3 Å². The van der Waals surface area contributed by atoms with Crippen LogP contribution in [0, 0.1) is 12.7 Å². The minimum atomic E-state index is -0.303. The van der Waals surface area contributed by atoms with Gasteiger partial charge < -0.3 is 5.32 Å². The molecule has 0 bridgehead atoms. The van der Waals surface area contributed by atoms with E-state index in [0.29, 0.717) is 29.4 Å². The quantitative estimate of drug-likeness (QED) is 0.467. The van der Waals surface area contributed by atoms with Crippen molar-refractivity contribution in [1.82, 2.24) is 14.9 Å². The average Bonchev–Trinajstić information content (AvgIpc) is 2.71. The van der Waals surface area contributed by atoms with Crippen molar-refractivity contribution in [2.24, 2.45) is 7.05 Å². The van der Waals surface area contributed by atoms with Crippen LogP contribution in [-0.2, 0) is 18.3 Å². The van der Waals surface area contributed by atoms with Gasteiger partial charge in [0.15, 0.2) is 5.16 Å². The van der Waals surface area contributed by atoms with E-state index < -0.39 is 0 Å². The SMILES string of the molecule is CCCCC(Sc1nc(C)c(Cc2ccc(F)cc2)c(=O)n1C)C(=O)NCCC. The van der Waals surface area contributed by atoms with Gasteiger partial charge in [0.1, 0.15) is 5.82 Å². The van der Waals surface area contributed by atoms with Crippen molar-refractivity contribution in [1.29, 1.82) is 0 Å². The van der Waals surface area contributed by atoms with Crippen LogP contribution in [0.5, 0.6) is 0 Å². The van der Waals surface area contributed by atoms with E-state index in [4.69, 9.17) is 0 Å². The van der Waals surface area contributed by atoms with E-state index in [1.165, 1.54) is 28.5 Å². The van der Waals surface area contributed by atoms with Crippen LogP contribution in [0.2, 0.25) is 0 Å². The van der Waals surface area contributed by atoms with Gasteiger partial charge in [-0.2, -0.15) is 0 Å². The number of nitrogens with zero attached hydrogens (tertiary/aromatic N) is 2. The van der Waals surface area contributed by atoms with Crippen molar-refractivity contribution < 1.29 is 9.18 Å². The number of nitrogens with one attached hydrogen (secondary N) is 1. The number of benzene rings is 1. The summed E-state index contributed by atoms with van der Waals surface area (Å²) < 4.78 is 14.7. The molecule has 0 spiro atoms. The minimum Gasteiger partial charge on any atom is -0.355 e. The maximum atomic E-state index is 13.1. The van der Waals surface area contributed by atoms with E-state index in [1.54, 1.807) is 19.2 Å². The first kappa shape index (κ1) is 23.1. The second kappa shape index (κ2) is 11.1. The van der Waals surface area contributed by atoms with Gasteiger partial charge in [0.05, 0.1) is 5.25 Å². The van der Waals surface area contributed by atoms with Crippen LogP contribution in [0.1, 0.15) is 56.4 Å². The van der Waals surface area contributed by atoms with Gasteiger partial charge in [-0.3, -0.25) is 14.2 Å². The van der Waals surface area contributed by atoms with E-state index in [2.05, 4.69) is 17.2 Å². The second-order valence-corrected chi connectivity index (χ2v) is 8.34. The molecule has 5 nitrogen and oxygen atoms in total. The molecule has 0 aliphatic heterocycles. The normalized spacial score (nSPS) is 12.0. The Morgan fingerprint density at radius 2 is 1.93 bits per heavy atom.